The second-order valence-electron chi connectivity index (χ2n) is 5.29. The van der Waals surface area contributed by atoms with Crippen LogP contribution in [0.25, 0.3) is 0 Å². The second-order valence-corrected chi connectivity index (χ2v) is 5.29. The van der Waals surface area contributed by atoms with Crippen LogP contribution in [0.1, 0.15) is 38.1 Å². The molecule has 1 aromatic heterocycles. The van der Waals surface area contributed by atoms with Gasteiger partial charge in [0.15, 0.2) is 0 Å². The molecule has 21 heavy (non-hydrogen) atoms. The van der Waals surface area contributed by atoms with Crippen LogP contribution >= 0.6 is 0 Å². The van der Waals surface area contributed by atoms with E-state index >= 15 is 0 Å². The summed E-state index contributed by atoms with van der Waals surface area (Å²) in [5.74, 6) is 0.0614. The second kappa shape index (κ2) is 8.02. The van der Waals surface area contributed by atoms with Crippen LogP contribution in [-0.4, -0.2) is 46.9 Å². The first-order chi connectivity index (χ1) is 9.96. The van der Waals surface area contributed by atoms with Gasteiger partial charge in [0.25, 0.3) is 0 Å². The number of carbonyl (C=O) groups excluding carboxylic acids is 1. The van der Waals surface area contributed by atoms with E-state index in [0.717, 1.165) is 24.2 Å². The molecule has 120 valence electrons. The lowest BCUT2D eigenvalue weighted by Crippen LogP contribution is -2.43. The molecule has 0 atom stereocenters. The number of aryl methyl sites for hydroxylation is 1. The van der Waals surface area contributed by atoms with Crippen LogP contribution in [-0.2, 0) is 16.1 Å². The van der Waals surface area contributed by atoms with Gasteiger partial charge in [0, 0.05) is 19.7 Å². The van der Waals surface area contributed by atoms with E-state index in [4.69, 9.17) is 10.5 Å². The molecule has 1 rings (SSSR count). The highest BCUT2D eigenvalue weighted by atomic mass is 16.5. The molecule has 0 fully saturated rings. The Labute approximate surface area is 127 Å². The van der Waals surface area contributed by atoms with Crippen LogP contribution in [0, 0.1) is 13.8 Å². The highest BCUT2D eigenvalue weighted by Gasteiger charge is 2.22. The molecule has 1 amide bonds. The van der Waals surface area contributed by atoms with Crippen molar-refractivity contribution in [3.05, 3.63) is 11.4 Å². The van der Waals surface area contributed by atoms with Gasteiger partial charge in [-0.15, -0.1) is 0 Å². The van der Waals surface area contributed by atoms with Gasteiger partial charge in [-0.2, -0.15) is 5.10 Å². The maximum absolute atomic E-state index is 12.6. The smallest absolute Gasteiger partial charge is 0.244 e. The van der Waals surface area contributed by atoms with Gasteiger partial charge >= 0.3 is 0 Å². The van der Waals surface area contributed by atoms with Crippen molar-refractivity contribution in [2.45, 2.75) is 53.1 Å². The average molecular weight is 296 g/mol. The lowest BCUT2D eigenvalue weighted by Gasteiger charge is -2.30. The van der Waals surface area contributed by atoms with Crippen LogP contribution in [0.3, 0.4) is 0 Å². The molecular weight excluding hydrogens is 268 g/mol. The molecule has 0 aliphatic heterocycles. The molecule has 1 aromatic rings. The number of aromatic nitrogens is 2. The zero-order valence-corrected chi connectivity index (χ0v) is 13.8. The third-order valence-corrected chi connectivity index (χ3v) is 3.96. The summed E-state index contributed by atoms with van der Waals surface area (Å²) in [5.41, 5.74) is 8.19. The van der Waals surface area contributed by atoms with Crippen molar-refractivity contribution in [3.8, 4) is 0 Å². The van der Waals surface area contributed by atoms with E-state index in [1.54, 1.807) is 11.8 Å². The number of hydrogen-bond acceptors (Lipinski definition) is 4. The van der Waals surface area contributed by atoms with E-state index in [0.29, 0.717) is 18.8 Å². The summed E-state index contributed by atoms with van der Waals surface area (Å²) in [7, 11) is 1.65. The number of amides is 1. The Morgan fingerprint density at radius 3 is 2.43 bits per heavy atom. The zero-order valence-electron chi connectivity index (χ0n) is 13.8. The number of nitrogens with two attached hydrogens (primary N) is 1. The monoisotopic (exact) mass is 296 g/mol. The predicted octanol–water partition coefficient (Wildman–Crippen LogP) is 1.75. The van der Waals surface area contributed by atoms with Crippen molar-refractivity contribution in [2.24, 2.45) is 0 Å². The van der Waals surface area contributed by atoms with Crippen molar-refractivity contribution in [2.75, 3.05) is 26.0 Å². The van der Waals surface area contributed by atoms with Crippen molar-refractivity contribution in [3.63, 3.8) is 0 Å². The molecule has 0 spiro atoms. The van der Waals surface area contributed by atoms with Crippen LogP contribution < -0.4 is 5.73 Å². The van der Waals surface area contributed by atoms with E-state index in [-0.39, 0.29) is 18.5 Å². The Kier molecular flexibility index (Phi) is 6.68. The fourth-order valence-electron chi connectivity index (χ4n) is 2.51. The van der Waals surface area contributed by atoms with Gasteiger partial charge in [-0.1, -0.05) is 13.8 Å². The summed E-state index contributed by atoms with van der Waals surface area (Å²) >= 11 is 0. The topological polar surface area (TPSA) is 73.4 Å². The van der Waals surface area contributed by atoms with Gasteiger partial charge in [-0.05, 0) is 26.7 Å². The number of methoxy groups -OCH3 is 1. The standard InChI is InChI=1S/C15H28N4O2/c1-6-13(7-2)18(8-9-21-5)14(20)10-19-12(4)15(16)11(3)17-19/h13H,6-10,16H2,1-5H3. The maximum Gasteiger partial charge on any atom is 0.244 e. The third kappa shape index (κ3) is 4.20. The molecule has 0 saturated carbocycles. The number of nitrogens with zero attached hydrogens (tertiary/aromatic N) is 3. The highest BCUT2D eigenvalue weighted by Crippen LogP contribution is 2.16. The number of nitrogen functional groups attached to an aromatic ring is 1. The van der Waals surface area contributed by atoms with E-state index < -0.39 is 0 Å². The summed E-state index contributed by atoms with van der Waals surface area (Å²) in [6, 6.07) is 0.238. The minimum atomic E-state index is 0.0614. The SMILES string of the molecule is CCC(CC)N(CCOC)C(=O)Cn1nc(C)c(N)c1C. The fourth-order valence-corrected chi connectivity index (χ4v) is 2.51. The number of hydrogen-bond donors (Lipinski definition) is 1. The summed E-state index contributed by atoms with van der Waals surface area (Å²) in [6.07, 6.45) is 1.87. The Bertz CT molecular complexity index is 466. The lowest BCUT2D eigenvalue weighted by molar-refractivity contribution is -0.135. The molecule has 0 aliphatic carbocycles. The molecule has 6 nitrogen and oxygen atoms in total. The number of carbonyl (C=O) groups is 1. The Hall–Kier alpha value is -1.56. The first kappa shape index (κ1) is 17.5. The van der Waals surface area contributed by atoms with Crippen LogP contribution in [0.4, 0.5) is 5.69 Å². The molecule has 0 aromatic carbocycles. The normalized spacial score (nSPS) is 11.1. The molecule has 1 heterocycles. The van der Waals surface area contributed by atoms with Crippen molar-refractivity contribution in [1.29, 1.82) is 0 Å². The number of ether oxygens (including phenoxy) is 1. The fraction of sp³-hybridized carbons (Fsp3) is 0.733. The average Bonchev–Trinajstić information content (AvgIpc) is 2.70. The lowest BCUT2D eigenvalue weighted by atomic mass is 10.1. The third-order valence-electron chi connectivity index (χ3n) is 3.96. The maximum atomic E-state index is 12.6. The minimum Gasteiger partial charge on any atom is -0.396 e. The van der Waals surface area contributed by atoms with Gasteiger partial charge in [-0.25, -0.2) is 0 Å². The Balaban J connectivity index is 2.86. The predicted molar refractivity (Wildman–Crippen MR) is 84.1 cm³/mol. The van der Waals surface area contributed by atoms with Crippen molar-refractivity contribution >= 4 is 11.6 Å². The highest BCUT2D eigenvalue weighted by molar-refractivity contribution is 5.76. The molecule has 0 aliphatic rings. The van der Waals surface area contributed by atoms with Crippen molar-refractivity contribution in [1.82, 2.24) is 14.7 Å². The summed E-state index contributed by atoms with van der Waals surface area (Å²) in [6.45, 7) is 9.32. The number of rotatable bonds is 8. The zero-order chi connectivity index (χ0) is 16.0. The van der Waals surface area contributed by atoms with Crippen LogP contribution in [0.5, 0.6) is 0 Å². The number of anilines is 1. The summed E-state index contributed by atoms with van der Waals surface area (Å²) in [5, 5.41) is 4.34. The molecule has 2 N–H and O–H groups in total. The largest absolute Gasteiger partial charge is 0.396 e. The van der Waals surface area contributed by atoms with Gasteiger partial charge < -0.3 is 15.4 Å². The Morgan fingerprint density at radius 2 is 2.00 bits per heavy atom. The Morgan fingerprint density at radius 1 is 1.38 bits per heavy atom. The quantitative estimate of drug-likeness (QED) is 0.793. The molecular formula is C15H28N4O2. The molecule has 0 unspecified atom stereocenters. The first-order valence-electron chi connectivity index (χ1n) is 7.54. The van der Waals surface area contributed by atoms with Gasteiger partial charge in [0.2, 0.25) is 5.91 Å². The summed E-state index contributed by atoms with van der Waals surface area (Å²) in [4.78, 5) is 14.5. The van der Waals surface area contributed by atoms with Crippen LogP contribution in [0.15, 0.2) is 0 Å². The van der Waals surface area contributed by atoms with E-state index in [9.17, 15) is 4.79 Å². The summed E-state index contributed by atoms with van der Waals surface area (Å²) < 4.78 is 6.81. The van der Waals surface area contributed by atoms with Gasteiger partial charge in [0.05, 0.1) is 23.7 Å². The van der Waals surface area contributed by atoms with Gasteiger partial charge in [-0.3, -0.25) is 9.48 Å². The van der Waals surface area contributed by atoms with Crippen molar-refractivity contribution < 1.29 is 9.53 Å². The van der Waals surface area contributed by atoms with E-state index in [1.165, 1.54) is 0 Å². The molecule has 6 heteroatoms. The van der Waals surface area contributed by atoms with E-state index in [1.807, 2.05) is 18.7 Å². The molecule has 0 radical (unpaired) electrons. The first-order valence-corrected chi connectivity index (χ1v) is 7.54. The van der Waals surface area contributed by atoms with Gasteiger partial charge in [0.1, 0.15) is 6.54 Å². The van der Waals surface area contributed by atoms with Crippen LogP contribution in [0.2, 0.25) is 0 Å². The molecule has 0 saturated heterocycles. The molecule has 0 bridgehead atoms. The van der Waals surface area contributed by atoms with E-state index in [2.05, 4.69) is 18.9 Å². The minimum absolute atomic E-state index is 0.0614.